The number of anilines is 1. The topological polar surface area (TPSA) is 105 Å². The van der Waals surface area contributed by atoms with Gasteiger partial charge in [0, 0.05) is 12.6 Å². The first-order chi connectivity index (χ1) is 21.1. The summed E-state index contributed by atoms with van der Waals surface area (Å²) in [5.41, 5.74) is 2.70. The highest BCUT2D eigenvalue weighted by atomic mass is 32.2. The number of carbonyl (C=O) groups is 2. The number of carbonyl (C=O) groups excluding carboxylic acids is 2. The highest BCUT2D eigenvalue weighted by Crippen LogP contribution is 2.34. The van der Waals surface area contributed by atoms with Crippen molar-refractivity contribution in [3.63, 3.8) is 0 Å². The lowest BCUT2D eigenvalue weighted by molar-refractivity contribution is -0.140. The number of benzene rings is 3. The van der Waals surface area contributed by atoms with E-state index in [2.05, 4.69) is 5.32 Å². The lowest BCUT2D eigenvalue weighted by Crippen LogP contribution is -2.53. The van der Waals surface area contributed by atoms with Gasteiger partial charge in [-0.1, -0.05) is 55.7 Å². The van der Waals surface area contributed by atoms with Crippen LogP contribution in [0.3, 0.4) is 0 Å². The highest BCUT2D eigenvalue weighted by Gasteiger charge is 2.35. The number of methoxy groups -OCH3 is 2. The molecule has 0 heterocycles. The van der Waals surface area contributed by atoms with Gasteiger partial charge in [0.1, 0.15) is 24.1 Å². The van der Waals surface area contributed by atoms with E-state index in [0.717, 1.165) is 46.7 Å². The summed E-state index contributed by atoms with van der Waals surface area (Å²) in [4.78, 5) is 29.6. The number of amides is 2. The zero-order valence-corrected chi connectivity index (χ0v) is 27.0. The number of hydrogen-bond acceptors (Lipinski definition) is 6. The number of hydrogen-bond donors (Lipinski definition) is 1. The van der Waals surface area contributed by atoms with Gasteiger partial charge in [0.15, 0.2) is 0 Å². The Morgan fingerprint density at radius 3 is 2.25 bits per heavy atom. The van der Waals surface area contributed by atoms with E-state index < -0.39 is 28.5 Å². The molecule has 1 N–H and O–H groups in total. The van der Waals surface area contributed by atoms with E-state index in [1.165, 1.54) is 24.1 Å². The molecule has 0 aliphatic heterocycles. The lowest BCUT2D eigenvalue weighted by atomic mass is 10.1. The number of ether oxygens (including phenoxy) is 2. The molecule has 0 aromatic heterocycles. The molecular formula is C34H43N3O6S. The molecule has 2 amide bonds. The SMILES string of the molecule is CCC(C(=O)NC1CCCC1)N(Cc1cccc(OC)c1)C(=O)CN(c1cc(C)ccc1OC)S(=O)(=O)c1ccc(C)cc1. The fourth-order valence-electron chi connectivity index (χ4n) is 5.60. The van der Waals surface area contributed by atoms with Gasteiger partial charge in [-0.3, -0.25) is 13.9 Å². The van der Waals surface area contributed by atoms with E-state index in [1.54, 1.807) is 37.4 Å². The van der Waals surface area contributed by atoms with Gasteiger partial charge in [-0.15, -0.1) is 0 Å². The van der Waals surface area contributed by atoms with E-state index >= 15 is 0 Å². The Balaban J connectivity index is 1.77. The second-order valence-electron chi connectivity index (χ2n) is 11.3. The van der Waals surface area contributed by atoms with Crippen LogP contribution in [0, 0.1) is 13.8 Å². The number of sulfonamides is 1. The van der Waals surface area contributed by atoms with Gasteiger partial charge in [0.2, 0.25) is 11.8 Å². The molecule has 9 nitrogen and oxygen atoms in total. The van der Waals surface area contributed by atoms with Crippen LogP contribution in [0.1, 0.15) is 55.7 Å². The quantitative estimate of drug-likeness (QED) is 0.275. The van der Waals surface area contributed by atoms with Crippen LogP contribution in [0.15, 0.2) is 71.6 Å². The molecule has 0 bridgehead atoms. The first-order valence-corrected chi connectivity index (χ1v) is 16.5. The summed E-state index contributed by atoms with van der Waals surface area (Å²) in [5.74, 6) is 0.174. The zero-order valence-electron chi connectivity index (χ0n) is 26.2. The Bertz CT molecular complexity index is 1550. The summed E-state index contributed by atoms with van der Waals surface area (Å²) in [5, 5.41) is 3.14. The third-order valence-corrected chi connectivity index (χ3v) is 9.84. The summed E-state index contributed by atoms with van der Waals surface area (Å²) < 4.78 is 40.5. The van der Waals surface area contributed by atoms with Crippen molar-refractivity contribution in [2.45, 2.75) is 76.4 Å². The molecule has 0 radical (unpaired) electrons. The molecule has 1 fully saturated rings. The van der Waals surface area contributed by atoms with E-state index in [4.69, 9.17) is 9.47 Å². The molecule has 44 heavy (non-hydrogen) atoms. The van der Waals surface area contributed by atoms with E-state index in [0.29, 0.717) is 17.9 Å². The van der Waals surface area contributed by atoms with Crippen molar-refractivity contribution in [1.82, 2.24) is 10.2 Å². The third kappa shape index (κ3) is 7.72. The van der Waals surface area contributed by atoms with Crippen molar-refractivity contribution < 1.29 is 27.5 Å². The fraction of sp³-hybridized carbons (Fsp3) is 0.412. The van der Waals surface area contributed by atoms with Crippen molar-refractivity contribution in [1.29, 1.82) is 0 Å². The Kier molecular flexibility index (Phi) is 10.9. The molecule has 4 rings (SSSR count). The number of nitrogens with zero attached hydrogens (tertiary/aromatic N) is 2. The van der Waals surface area contributed by atoms with Crippen molar-refractivity contribution in [2.24, 2.45) is 0 Å². The van der Waals surface area contributed by atoms with Gasteiger partial charge in [-0.25, -0.2) is 8.42 Å². The summed E-state index contributed by atoms with van der Waals surface area (Å²) >= 11 is 0. The lowest BCUT2D eigenvalue weighted by Gasteiger charge is -2.34. The highest BCUT2D eigenvalue weighted by molar-refractivity contribution is 7.92. The Hall–Kier alpha value is -4.05. The maximum Gasteiger partial charge on any atom is 0.264 e. The zero-order chi connectivity index (χ0) is 31.9. The molecule has 236 valence electrons. The molecule has 3 aromatic rings. The summed E-state index contributed by atoms with van der Waals surface area (Å²) in [6.07, 6.45) is 4.27. The molecule has 3 aromatic carbocycles. The first-order valence-electron chi connectivity index (χ1n) is 15.0. The minimum Gasteiger partial charge on any atom is -0.497 e. The van der Waals surface area contributed by atoms with Crippen LogP contribution in [0.5, 0.6) is 11.5 Å². The van der Waals surface area contributed by atoms with Crippen LogP contribution in [-0.2, 0) is 26.2 Å². The van der Waals surface area contributed by atoms with Gasteiger partial charge in [-0.05, 0) is 80.6 Å². The minimum absolute atomic E-state index is 0.0461. The van der Waals surface area contributed by atoms with Crippen LogP contribution >= 0.6 is 0 Å². The van der Waals surface area contributed by atoms with Crippen LogP contribution in [0.2, 0.25) is 0 Å². The molecular weight excluding hydrogens is 578 g/mol. The van der Waals surface area contributed by atoms with Crippen LogP contribution < -0.4 is 19.1 Å². The molecule has 1 aliphatic rings. The molecule has 1 unspecified atom stereocenters. The number of nitrogens with one attached hydrogen (secondary N) is 1. The standard InChI is InChI=1S/C34H43N3O6S/c1-6-30(34(39)35-27-11-7-8-12-27)36(22-26-10-9-13-28(21-26)42-4)33(38)23-37(31-20-25(3)16-19-32(31)43-5)44(40,41)29-17-14-24(2)15-18-29/h9-10,13-21,27,30H,6-8,11-12,22-23H2,1-5H3,(H,35,39). The smallest absolute Gasteiger partial charge is 0.264 e. The summed E-state index contributed by atoms with van der Waals surface area (Å²) in [7, 11) is -1.19. The van der Waals surface area contributed by atoms with Crippen molar-refractivity contribution in [2.75, 3.05) is 25.1 Å². The molecule has 10 heteroatoms. The molecule has 1 saturated carbocycles. The van der Waals surface area contributed by atoms with Gasteiger partial charge < -0.3 is 19.7 Å². The Morgan fingerprint density at radius 2 is 1.61 bits per heavy atom. The van der Waals surface area contributed by atoms with Gasteiger partial charge >= 0.3 is 0 Å². The van der Waals surface area contributed by atoms with Crippen molar-refractivity contribution in [3.05, 3.63) is 83.4 Å². The number of rotatable bonds is 13. The van der Waals surface area contributed by atoms with E-state index in [1.807, 2.05) is 45.0 Å². The maximum atomic E-state index is 14.4. The van der Waals surface area contributed by atoms with Crippen LogP contribution in [0.25, 0.3) is 0 Å². The normalized spacial score (nSPS) is 14.1. The average molecular weight is 622 g/mol. The van der Waals surface area contributed by atoms with Crippen molar-refractivity contribution >= 4 is 27.5 Å². The van der Waals surface area contributed by atoms with Gasteiger partial charge in [-0.2, -0.15) is 0 Å². The van der Waals surface area contributed by atoms with Crippen molar-refractivity contribution in [3.8, 4) is 11.5 Å². The minimum atomic E-state index is -4.22. The maximum absolute atomic E-state index is 14.4. The Labute approximate surface area is 261 Å². The summed E-state index contributed by atoms with van der Waals surface area (Å²) in [6, 6.07) is 18.2. The molecule has 0 spiro atoms. The first kappa shape index (κ1) is 32.9. The Morgan fingerprint density at radius 1 is 0.932 bits per heavy atom. The average Bonchev–Trinajstić information content (AvgIpc) is 3.53. The monoisotopic (exact) mass is 621 g/mol. The van der Waals surface area contributed by atoms with Gasteiger partial charge in [0.05, 0.1) is 24.8 Å². The number of aryl methyl sites for hydroxylation is 2. The largest absolute Gasteiger partial charge is 0.497 e. The second-order valence-corrected chi connectivity index (χ2v) is 13.1. The van der Waals surface area contributed by atoms with E-state index in [-0.39, 0.29) is 29.1 Å². The molecule has 0 saturated heterocycles. The molecule has 1 aliphatic carbocycles. The molecule has 1 atom stereocenters. The summed E-state index contributed by atoms with van der Waals surface area (Å²) in [6.45, 7) is 5.13. The van der Waals surface area contributed by atoms with Gasteiger partial charge in [0.25, 0.3) is 10.0 Å². The van der Waals surface area contributed by atoms with Crippen LogP contribution in [-0.4, -0.2) is 58.0 Å². The third-order valence-electron chi connectivity index (χ3n) is 8.07. The second kappa shape index (κ2) is 14.6. The van der Waals surface area contributed by atoms with Crippen LogP contribution in [0.4, 0.5) is 5.69 Å². The van der Waals surface area contributed by atoms with E-state index in [9.17, 15) is 18.0 Å². The fourth-order valence-corrected chi connectivity index (χ4v) is 7.02. The predicted molar refractivity (Wildman–Crippen MR) is 171 cm³/mol. The predicted octanol–water partition coefficient (Wildman–Crippen LogP) is 5.38.